The van der Waals surface area contributed by atoms with Crippen molar-refractivity contribution in [1.82, 2.24) is 9.78 Å². The van der Waals surface area contributed by atoms with E-state index in [2.05, 4.69) is 12.0 Å². The summed E-state index contributed by atoms with van der Waals surface area (Å²) in [4.78, 5) is 14.2. The Morgan fingerprint density at radius 1 is 1.35 bits per heavy atom. The minimum absolute atomic E-state index is 0. The number of carbonyl (C=O) groups excluding carboxylic acids is 1. The van der Waals surface area contributed by atoms with Crippen LogP contribution in [0.25, 0.3) is 0 Å². The van der Waals surface area contributed by atoms with Crippen LogP contribution < -0.4 is 4.90 Å². The first-order valence-electron chi connectivity index (χ1n) is 6.19. The molecule has 2 aromatic rings. The van der Waals surface area contributed by atoms with Gasteiger partial charge in [-0.05, 0) is 43.7 Å². The number of carbonyl (C=O) groups is 1. The predicted molar refractivity (Wildman–Crippen MR) is 85.2 cm³/mol. The number of nitrogens with zero attached hydrogens (tertiary/aromatic N) is 3. The van der Waals surface area contributed by atoms with Crippen LogP contribution in [-0.2, 0) is 0 Å². The number of hydrogen-bond acceptors (Lipinski definition) is 2. The highest BCUT2D eigenvalue weighted by molar-refractivity contribution is 7.59. The Morgan fingerprint density at radius 3 is 2.80 bits per heavy atom. The summed E-state index contributed by atoms with van der Waals surface area (Å²) in [6, 6.07) is 7.58. The summed E-state index contributed by atoms with van der Waals surface area (Å²) in [6.45, 7) is 4.61. The lowest BCUT2D eigenvalue weighted by Gasteiger charge is -2.32. The van der Waals surface area contributed by atoms with Crippen molar-refractivity contribution < 1.29 is 4.79 Å². The van der Waals surface area contributed by atoms with Crippen molar-refractivity contribution in [1.29, 1.82) is 0 Å². The Labute approximate surface area is 129 Å². The molecule has 0 aliphatic carbocycles. The van der Waals surface area contributed by atoms with Gasteiger partial charge in [-0.15, -0.1) is 0 Å². The van der Waals surface area contributed by atoms with Gasteiger partial charge in [0.25, 0.3) is 5.91 Å². The number of aryl methyl sites for hydroxylation is 1. The third-order valence-electron chi connectivity index (χ3n) is 3.45. The Balaban J connectivity index is 0.00000147. The van der Waals surface area contributed by atoms with Gasteiger partial charge in [-0.1, -0.05) is 11.6 Å². The first kappa shape index (κ1) is 14.9. The van der Waals surface area contributed by atoms with Crippen molar-refractivity contribution in [2.75, 3.05) is 11.4 Å². The quantitative estimate of drug-likeness (QED) is 0.811. The van der Waals surface area contributed by atoms with Crippen molar-refractivity contribution in [3.05, 3.63) is 46.7 Å². The second kappa shape index (κ2) is 5.50. The van der Waals surface area contributed by atoms with Gasteiger partial charge >= 0.3 is 0 Å². The number of amides is 1. The van der Waals surface area contributed by atoms with Gasteiger partial charge in [-0.25, -0.2) is 0 Å². The summed E-state index contributed by atoms with van der Waals surface area (Å²) in [5, 5.41) is 4.91. The van der Waals surface area contributed by atoms with Gasteiger partial charge in [0.2, 0.25) is 0 Å². The van der Waals surface area contributed by atoms with Gasteiger partial charge in [0.05, 0.1) is 6.04 Å². The Morgan fingerprint density at radius 2 is 2.10 bits per heavy atom. The second-order valence-electron chi connectivity index (χ2n) is 4.86. The fourth-order valence-corrected chi connectivity index (χ4v) is 2.53. The summed E-state index contributed by atoms with van der Waals surface area (Å²) in [5.41, 5.74) is 2.48. The number of halogens is 1. The van der Waals surface area contributed by atoms with E-state index >= 15 is 0 Å². The Kier molecular flexibility index (Phi) is 4.11. The zero-order valence-corrected chi connectivity index (χ0v) is 13.1. The maximum Gasteiger partial charge on any atom is 0.276 e. The average Bonchev–Trinajstić information content (AvgIpc) is 2.87. The van der Waals surface area contributed by atoms with Gasteiger partial charge in [-0.3, -0.25) is 9.48 Å². The molecule has 106 valence electrons. The third kappa shape index (κ3) is 2.31. The van der Waals surface area contributed by atoms with E-state index in [4.69, 9.17) is 11.6 Å². The molecule has 2 heterocycles. The molecule has 1 aliphatic heterocycles. The standard InChI is InChI=1S/C14H14ClN3O.H2S/c1-9-7-11(3-4-12(9)15)17-8-10(2)18-13(14(17)19)5-6-16-18;/h3-7,10H,8H2,1-2H3;1H2/t10-;/m0./s1. The van der Waals surface area contributed by atoms with Crippen molar-refractivity contribution in [2.45, 2.75) is 19.9 Å². The van der Waals surface area contributed by atoms with Crippen LogP contribution in [-0.4, -0.2) is 22.2 Å². The molecule has 3 rings (SSSR count). The van der Waals surface area contributed by atoms with E-state index < -0.39 is 0 Å². The lowest BCUT2D eigenvalue weighted by atomic mass is 10.1. The lowest BCUT2D eigenvalue weighted by molar-refractivity contribution is 0.0953. The Bertz CT molecular complexity index is 656. The van der Waals surface area contributed by atoms with Crippen molar-refractivity contribution in [3.63, 3.8) is 0 Å². The maximum absolute atomic E-state index is 12.5. The number of aromatic nitrogens is 2. The number of anilines is 1. The molecule has 0 bridgehead atoms. The monoisotopic (exact) mass is 309 g/mol. The molecule has 20 heavy (non-hydrogen) atoms. The van der Waals surface area contributed by atoms with Crippen LogP contribution >= 0.6 is 25.1 Å². The molecule has 0 unspecified atom stereocenters. The van der Waals surface area contributed by atoms with Gasteiger partial charge in [0.1, 0.15) is 5.69 Å². The second-order valence-corrected chi connectivity index (χ2v) is 5.27. The molecule has 1 aliphatic rings. The van der Waals surface area contributed by atoms with Gasteiger partial charge in [-0.2, -0.15) is 18.6 Å². The smallest absolute Gasteiger partial charge is 0.276 e. The van der Waals surface area contributed by atoms with E-state index in [0.29, 0.717) is 17.3 Å². The van der Waals surface area contributed by atoms with Crippen LogP contribution in [0.5, 0.6) is 0 Å². The molecule has 0 radical (unpaired) electrons. The number of hydrogen-bond donors (Lipinski definition) is 0. The lowest BCUT2D eigenvalue weighted by Crippen LogP contribution is -2.42. The summed E-state index contributed by atoms with van der Waals surface area (Å²) >= 11 is 6.03. The molecule has 1 aromatic carbocycles. The SMILES string of the molecule is Cc1cc(N2C[C@H](C)n3nccc3C2=O)ccc1Cl.S. The molecule has 0 N–H and O–H groups in total. The molecular formula is C14H16ClN3OS. The van der Waals surface area contributed by atoms with Crippen molar-refractivity contribution in [2.24, 2.45) is 0 Å². The fraction of sp³-hybridized carbons (Fsp3) is 0.286. The molecule has 1 atom stereocenters. The van der Waals surface area contributed by atoms with Crippen LogP contribution in [0.1, 0.15) is 29.0 Å². The van der Waals surface area contributed by atoms with Crippen LogP contribution in [0, 0.1) is 6.92 Å². The van der Waals surface area contributed by atoms with E-state index in [0.717, 1.165) is 11.3 Å². The minimum atomic E-state index is -0.0164. The van der Waals surface area contributed by atoms with E-state index in [-0.39, 0.29) is 25.4 Å². The van der Waals surface area contributed by atoms with E-state index in [1.54, 1.807) is 21.8 Å². The van der Waals surface area contributed by atoms with E-state index in [9.17, 15) is 4.79 Å². The molecule has 1 amide bonds. The van der Waals surface area contributed by atoms with E-state index in [1.165, 1.54) is 0 Å². The van der Waals surface area contributed by atoms with Gasteiger partial charge in [0, 0.05) is 23.5 Å². The number of benzene rings is 1. The van der Waals surface area contributed by atoms with Crippen molar-refractivity contribution >= 4 is 36.7 Å². The number of rotatable bonds is 1. The molecule has 0 saturated carbocycles. The van der Waals surface area contributed by atoms with Gasteiger partial charge in [0.15, 0.2) is 0 Å². The molecule has 0 spiro atoms. The molecular weight excluding hydrogens is 294 g/mol. The summed E-state index contributed by atoms with van der Waals surface area (Å²) in [6.07, 6.45) is 1.67. The first-order valence-corrected chi connectivity index (χ1v) is 6.57. The van der Waals surface area contributed by atoms with Crippen molar-refractivity contribution in [3.8, 4) is 0 Å². The number of fused-ring (bicyclic) bond motifs is 1. The summed E-state index contributed by atoms with van der Waals surface area (Å²) < 4.78 is 1.78. The highest BCUT2D eigenvalue weighted by Gasteiger charge is 2.30. The molecule has 6 heteroatoms. The zero-order chi connectivity index (χ0) is 13.6. The van der Waals surface area contributed by atoms with Crippen LogP contribution in [0.2, 0.25) is 5.02 Å². The average molecular weight is 310 g/mol. The summed E-state index contributed by atoms with van der Waals surface area (Å²) in [5.74, 6) is -0.0164. The predicted octanol–water partition coefficient (Wildman–Crippen LogP) is 3.18. The van der Waals surface area contributed by atoms with E-state index in [1.807, 2.05) is 25.1 Å². The largest absolute Gasteiger partial charge is 0.305 e. The minimum Gasteiger partial charge on any atom is -0.305 e. The first-order chi connectivity index (χ1) is 9.08. The van der Waals surface area contributed by atoms with Crippen LogP contribution in [0.4, 0.5) is 5.69 Å². The van der Waals surface area contributed by atoms with Gasteiger partial charge < -0.3 is 4.90 Å². The highest BCUT2D eigenvalue weighted by atomic mass is 35.5. The topological polar surface area (TPSA) is 38.1 Å². The summed E-state index contributed by atoms with van der Waals surface area (Å²) in [7, 11) is 0. The molecule has 0 saturated heterocycles. The van der Waals surface area contributed by atoms with Crippen LogP contribution in [0.15, 0.2) is 30.5 Å². The normalized spacial score (nSPS) is 17.6. The maximum atomic E-state index is 12.5. The van der Waals surface area contributed by atoms with Crippen LogP contribution in [0.3, 0.4) is 0 Å². The Hall–Kier alpha value is -1.46. The zero-order valence-electron chi connectivity index (χ0n) is 11.3. The molecule has 1 aromatic heterocycles. The highest BCUT2D eigenvalue weighted by Crippen LogP contribution is 2.28. The third-order valence-corrected chi connectivity index (χ3v) is 3.88. The fourth-order valence-electron chi connectivity index (χ4n) is 2.42. The molecule has 4 nitrogen and oxygen atoms in total. The molecule has 0 fully saturated rings.